The number of fused-ring (bicyclic) bond motifs is 3. The zero-order valence-corrected chi connectivity index (χ0v) is 18.2. The quantitative estimate of drug-likeness (QED) is 0.694. The van der Waals surface area contributed by atoms with E-state index in [1.165, 1.54) is 36.3 Å². The molecule has 1 saturated heterocycles. The van der Waals surface area contributed by atoms with Gasteiger partial charge >= 0.3 is 5.97 Å². The van der Waals surface area contributed by atoms with E-state index in [4.69, 9.17) is 4.74 Å². The average Bonchev–Trinajstić information content (AvgIpc) is 3.29. The third-order valence-electron chi connectivity index (χ3n) is 6.22. The Morgan fingerprint density at radius 3 is 2.61 bits per heavy atom. The van der Waals surface area contributed by atoms with Crippen molar-refractivity contribution in [3.63, 3.8) is 0 Å². The van der Waals surface area contributed by atoms with Crippen LogP contribution in [0.5, 0.6) is 0 Å². The van der Waals surface area contributed by atoms with Gasteiger partial charge in [0.05, 0.1) is 13.2 Å². The molecule has 1 aliphatic heterocycles. The fraction of sp³-hybridized carbons (Fsp3) is 0.375. The topological polar surface area (TPSA) is 95.9 Å². The maximum Gasteiger partial charge on any atom is 0.326 e. The first-order chi connectivity index (χ1) is 15.6. The molecule has 174 valence electrons. The lowest BCUT2D eigenvalue weighted by molar-refractivity contribution is -0.147. The predicted octanol–water partition coefficient (Wildman–Crippen LogP) is 2.79. The number of nitrogens with zero attached hydrogens (tertiary/aromatic N) is 1. The number of amides is 2. The number of methoxy groups -OCH3 is 1. The second-order valence-electron chi connectivity index (χ2n) is 8.52. The molecule has 9 heteroatoms. The van der Waals surface area contributed by atoms with Gasteiger partial charge in [-0.1, -0.05) is 23.8 Å². The summed E-state index contributed by atoms with van der Waals surface area (Å²) >= 11 is 0. The van der Waals surface area contributed by atoms with E-state index in [2.05, 4.69) is 5.32 Å². The number of alkyl halides is 2. The first-order valence-electron chi connectivity index (χ1n) is 10.6. The summed E-state index contributed by atoms with van der Waals surface area (Å²) in [4.78, 5) is 38.0. The normalized spacial score (nSPS) is 20.3. The van der Waals surface area contributed by atoms with Gasteiger partial charge in [0.1, 0.15) is 6.04 Å². The second-order valence-corrected chi connectivity index (χ2v) is 8.52. The molecule has 1 aliphatic carbocycles. The van der Waals surface area contributed by atoms with Gasteiger partial charge in [-0.25, -0.2) is 4.79 Å². The van der Waals surface area contributed by atoms with Crippen molar-refractivity contribution in [2.45, 2.75) is 25.3 Å². The number of aryl methyl sites for hydroxylation is 1. The third kappa shape index (κ3) is 4.08. The van der Waals surface area contributed by atoms with Gasteiger partial charge in [0.15, 0.2) is 0 Å². The Kier molecular flexibility index (Phi) is 5.92. The molecule has 2 N–H and O–H groups in total. The van der Waals surface area contributed by atoms with Crippen molar-refractivity contribution in [3.05, 3.63) is 58.7 Å². The summed E-state index contributed by atoms with van der Waals surface area (Å²) in [5.41, 5.74) is 1.25. The van der Waals surface area contributed by atoms with E-state index in [0.717, 1.165) is 0 Å². The van der Waals surface area contributed by atoms with Gasteiger partial charge in [-0.05, 0) is 42.7 Å². The molecular formula is C24H24F2N2O5. The SMILES string of the molecule is COC[C@@H]1CC(C(=O)O)N(C(=O)CNC(=O)c2ccc3c(c2)-c2ccc(C)cc2C3(F)F)C1. The Morgan fingerprint density at radius 1 is 1.15 bits per heavy atom. The summed E-state index contributed by atoms with van der Waals surface area (Å²) < 4.78 is 34.8. The number of carbonyl (C=O) groups excluding carboxylic acids is 2. The van der Waals surface area contributed by atoms with Crippen LogP contribution >= 0.6 is 0 Å². The highest BCUT2D eigenvalue weighted by molar-refractivity contribution is 5.99. The van der Waals surface area contributed by atoms with Gasteiger partial charge < -0.3 is 20.1 Å². The van der Waals surface area contributed by atoms with Gasteiger partial charge in [0.2, 0.25) is 5.91 Å². The number of likely N-dealkylation sites (tertiary alicyclic amines) is 1. The lowest BCUT2D eigenvalue weighted by Crippen LogP contribution is -2.45. The van der Waals surface area contributed by atoms with E-state index < -0.39 is 36.3 Å². The van der Waals surface area contributed by atoms with E-state index in [-0.39, 0.29) is 41.1 Å². The summed E-state index contributed by atoms with van der Waals surface area (Å²) in [6, 6.07) is 7.76. The van der Waals surface area contributed by atoms with E-state index in [1.54, 1.807) is 19.1 Å². The zero-order chi connectivity index (χ0) is 23.9. The van der Waals surface area contributed by atoms with Crippen LogP contribution in [0.25, 0.3) is 11.1 Å². The maximum atomic E-state index is 14.9. The molecule has 1 heterocycles. The number of nitrogens with one attached hydrogen (secondary N) is 1. The Hall–Kier alpha value is -3.33. The lowest BCUT2D eigenvalue weighted by atomic mass is 10.0. The largest absolute Gasteiger partial charge is 0.480 e. The lowest BCUT2D eigenvalue weighted by Gasteiger charge is -2.21. The molecule has 2 amide bonds. The van der Waals surface area contributed by atoms with Crippen molar-refractivity contribution < 1.29 is 33.0 Å². The second kappa shape index (κ2) is 8.55. The minimum Gasteiger partial charge on any atom is -0.480 e. The van der Waals surface area contributed by atoms with Crippen LogP contribution in [0.1, 0.15) is 33.5 Å². The number of hydrogen-bond donors (Lipinski definition) is 2. The fourth-order valence-corrected chi connectivity index (χ4v) is 4.63. The maximum absolute atomic E-state index is 14.9. The number of aliphatic carboxylic acids is 1. The first-order valence-corrected chi connectivity index (χ1v) is 10.6. The van der Waals surface area contributed by atoms with Crippen LogP contribution in [0, 0.1) is 12.8 Å². The monoisotopic (exact) mass is 458 g/mol. The summed E-state index contributed by atoms with van der Waals surface area (Å²) in [6.45, 7) is 1.90. The van der Waals surface area contributed by atoms with Gasteiger partial charge in [0.25, 0.3) is 11.8 Å². The molecule has 2 aliphatic rings. The van der Waals surface area contributed by atoms with Gasteiger partial charge in [0, 0.05) is 36.3 Å². The minimum atomic E-state index is -3.15. The van der Waals surface area contributed by atoms with Gasteiger partial charge in [-0.3, -0.25) is 9.59 Å². The van der Waals surface area contributed by atoms with E-state index in [0.29, 0.717) is 17.7 Å². The van der Waals surface area contributed by atoms with Gasteiger partial charge in [-0.15, -0.1) is 0 Å². The highest BCUT2D eigenvalue weighted by atomic mass is 19.3. The van der Waals surface area contributed by atoms with Crippen LogP contribution in [-0.2, 0) is 20.2 Å². The van der Waals surface area contributed by atoms with Crippen LogP contribution in [0.4, 0.5) is 8.78 Å². The number of halogens is 2. The number of rotatable bonds is 6. The van der Waals surface area contributed by atoms with Gasteiger partial charge in [-0.2, -0.15) is 8.78 Å². The van der Waals surface area contributed by atoms with Crippen molar-refractivity contribution in [1.82, 2.24) is 10.2 Å². The zero-order valence-electron chi connectivity index (χ0n) is 18.2. The number of hydrogen-bond acceptors (Lipinski definition) is 4. The standard InChI is InChI=1S/C24H24F2N2O5/c1-13-3-5-16-17-9-15(4-6-18(17)24(25,26)19(16)7-13)22(30)27-10-21(29)28-11-14(12-33-2)8-20(28)23(31)32/h3-7,9,14,20H,8,10-12H2,1-2H3,(H,27,30)(H,31,32)/t14-,20?/m1/s1. The highest BCUT2D eigenvalue weighted by Gasteiger charge is 2.44. The molecule has 0 bridgehead atoms. The number of carboxylic acids is 1. The summed E-state index contributed by atoms with van der Waals surface area (Å²) in [6.07, 6.45) is 0.279. The van der Waals surface area contributed by atoms with Crippen LogP contribution in [0.2, 0.25) is 0 Å². The Morgan fingerprint density at radius 2 is 1.91 bits per heavy atom. The molecule has 4 rings (SSSR count). The van der Waals surface area contributed by atoms with E-state index in [9.17, 15) is 28.3 Å². The van der Waals surface area contributed by atoms with Crippen LogP contribution < -0.4 is 5.32 Å². The molecule has 0 aromatic heterocycles. The summed E-state index contributed by atoms with van der Waals surface area (Å²) in [7, 11) is 1.51. The highest BCUT2D eigenvalue weighted by Crippen LogP contribution is 2.51. The molecular weight excluding hydrogens is 434 g/mol. The average molecular weight is 458 g/mol. The Labute approximate surface area is 189 Å². The number of carbonyl (C=O) groups is 3. The molecule has 7 nitrogen and oxygen atoms in total. The molecule has 1 fully saturated rings. The van der Waals surface area contributed by atoms with Crippen molar-refractivity contribution >= 4 is 17.8 Å². The van der Waals surface area contributed by atoms with Crippen LogP contribution in [0.15, 0.2) is 36.4 Å². The Bertz CT molecular complexity index is 1130. The first kappa shape index (κ1) is 22.8. The Balaban J connectivity index is 1.48. The summed E-state index contributed by atoms with van der Waals surface area (Å²) in [5, 5.41) is 11.9. The van der Waals surface area contributed by atoms with Crippen molar-refractivity contribution in [2.75, 3.05) is 26.8 Å². The van der Waals surface area contributed by atoms with Crippen molar-refractivity contribution in [1.29, 1.82) is 0 Å². The number of ether oxygens (including phenoxy) is 1. The molecule has 2 aromatic rings. The minimum absolute atomic E-state index is 0.0930. The predicted molar refractivity (Wildman–Crippen MR) is 115 cm³/mol. The van der Waals surface area contributed by atoms with Crippen LogP contribution in [0.3, 0.4) is 0 Å². The van der Waals surface area contributed by atoms with Crippen molar-refractivity contribution in [3.8, 4) is 11.1 Å². The number of carboxylic acid groups (broad SMARTS) is 1. The molecule has 33 heavy (non-hydrogen) atoms. The molecule has 0 saturated carbocycles. The molecule has 2 aromatic carbocycles. The number of benzene rings is 2. The fourth-order valence-electron chi connectivity index (χ4n) is 4.63. The smallest absolute Gasteiger partial charge is 0.326 e. The molecule has 0 radical (unpaired) electrons. The van der Waals surface area contributed by atoms with Crippen molar-refractivity contribution in [2.24, 2.45) is 5.92 Å². The molecule has 0 spiro atoms. The van der Waals surface area contributed by atoms with Crippen LogP contribution in [-0.4, -0.2) is 60.6 Å². The summed E-state index contributed by atoms with van der Waals surface area (Å²) in [5.74, 6) is -5.49. The molecule has 1 unspecified atom stereocenters. The molecule has 2 atom stereocenters. The third-order valence-corrected chi connectivity index (χ3v) is 6.22. The van der Waals surface area contributed by atoms with E-state index in [1.807, 2.05) is 0 Å². The van der Waals surface area contributed by atoms with E-state index >= 15 is 0 Å².